The second-order valence-corrected chi connectivity index (χ2v) is 6.56. The van der Waals surface area contributed by atoms with Crippen molar-refractivity contribution >= 4 is 33.6 Å². The van der Waals surface area contributed by atoms with E-state index in [1.54, 1.807) is 0 Å². The van der Waals surface area contributed by atoms with Crippen LogP contribution >= 0.6 is 27.7 Å². The van der Waals surface area contributed by atoms with Gasteiger partial charge in [-0.25, -0.2) is 0 Å². The topological polar surface area (TPSA) is 20.3 Å². The minimum atomic E-state index is 0.189. The van der Waals surface area contributed by atoms with Gasteiger partial charge in [-0.05, 0) is 24.6 Å². The fourth-order valence-corrected chi connectivity index (χ4v) is 4.27. The zero-order valence-corrected chi connectivity index (χ0v) is 11.1. The third-order valence-corrected chi connectivity index (χ3v) is 5.12. The molecule has 2 saturated heterocycles. The standard InChI is InChI=1S/C12H12BrNOS/c13-9-3-1-2-8(4-9)12(15)14-6-11-5-10(14)7-16-11/h1-4,10-11H,5-7H2. The van der Waals surface area contributed by atoms with Gasteiger partial charge in [0.25, 0.3) is 5.91 Å². The van der Waals surface area contributed by atoms with Crippen LogP contribution in [-0.4, -0.2) is 34.4 Å². The number of benzene rings is 1. The van der Waals surface area contributed by atoms with Crippen LogP contribution in [-0.2, 0) is 0 Å². The van der Waals surface area contributed by atoms with Crippen LogP contribution in [0.15, 0.2) is 28.7 Å². The van der Waals surface area contributed by atoms with Gasteiger partial charge in [-0.3, -0.25) is 4.79 Å². The first-order valence-corrected chi connectivity index (χ1v) is 7.26. The Balaban J connectivity index is 1.83. The van der Waals surface area contributed by atoms with E-state index in [0.717, 1.165) is 22.3 Å². The SMILES string of the molecule is O=C(c1cccc(Br)c1)N1CC2CC1CS2. The summed E-state index contributed by atoms with van der Waals surface area (Å²) in [4.78, 5) is 14.3. The summed E-state index contributed by atoms with van der Waals surface area (Å²) in [6, 6.07) is 8.14. The second kappa shape index (κ2) is 4.08. The van der Waals surface area contributed by atoms with Crippen molar-refractivity contribution in [2.45, 2.75) is 17.7 Å². The van der Waals surface area contributed by atoms with E-state index >= 15 is 0 Å². The molecule has 0 saturated carbocycles. The van der Waals surface area contributed by atoms with Crippen molar-refractivity contribution < 1.29 is 4.79 Å². The Bertz CT molecular complexity index is 437. The Hall–Kier alpha value is -0.480. The van der Waals surface area contributed by atoms with E-state index in [2.05, 4.69) is 15.9 Å². The molecule has 1 aromatic rings. The number of hydrogen-bond donors (Lipinski definition) is 0. The Morgan fingerprint density at radius 3 is 3.00 bits per heavy atom. The maximum absolute atomic E-state index is 12.3. The molecule has 2 aliphatic rings. The molecule has 0 radical (unpaired) electrons. The largest absolute Gasteiger partial charge is 0.334 e. The first kappa shape index (κ1) is 10.7. The van der Waals surface area contributed by atoms with E-state index in [-0.39, 0.29) is 5.91 Å². The smallest absolute Gasteiger partial charge is 0.254 e. The molecule has 2 heterocycles. The molecule has 0 N–H and O–H groups in total. The van der Waals surface area contributed by atoms with E-state index < -0.39 is 0 Å². The van der Waals surface area contributed by atoms with Crippen LogP contribution in [0.3, 0.4) is 0 Å². The molecule has 2 bridgehead atoms. The summed E-state index contributed by atoms with van der Waals surface area (Å²) >= 11 is 5.41. The van der Waals surface area contributed by atoms with Crippen LogP contribution in [0.1, 0.15) is 16.8 Å². The van der Waals surface area contributed by atoms with Gasteiger partial charge in [0, 0.05) is 33.6 Å². The molecule has 1 amide bonds. The summed E-state index contributed by atoms with van der Waals surface area (Å²) in [6.07, 6.45) is 1.18. The number of fused-ring (bicyclic) bond motifs is 2. The molecule has 16 heavy (non-hydrogen) atoms. The van der Waals surface area contributed by atoms with Crippen LogP contribution in [0.2, 0.25) is 0 Å². The summed E-state index contributed by atoms with van der Waals surface area (Å²) in [5.74, 6) is 1.30. The fourth-order valence-electron chi connectivity index (χ4n) is 2.44. The lowest BCUT2D eigenvalue weighted by molar-refractivity contribution is 0.0747. The Kier molecular flexibility index (Phi) is 2.72. The summed E-state index contributed by atoms with van der Waals surface area (Å²) in [6.45, 7) is 0.931. The average molecular weight is 298 g/mol. The van der Waals surface area contributed by atoms with Gasteiger partial charge in [0.2, 0.25) is 0 Å². The van der Waals surface area contributed by atoms with Crippen molar-refractivity contribution in [1.29, 1.82) is 0 Å². The number of rotatable bonds is 1. The predicted octanol–water partition coefficient (Wildman–Crippen LogP) is 2.78. The van der Waals surface area contributed by atoms with E-state index in [4.69, 9.17) is 0 Å². The summed E-state index contributed by atoms with van der Waals surface area (Å²) in [5, 5.41) is 0.682. The molecule has 1 aromatic carbocycles. The minimum absolute atomic E-state index is 0.189. The van der Waals surface area contributed by atoms with Crippen molar-refractivity contribution in [2.24, 2.45) is 0 Å². The van der Waals surface area contributed by atoms with Crippen LogP contribution in [0.4, 0.5) is 0 Å². The molecule has 84 valence electrons. The Morgan fingerprint density at radius 1 is 1.50 bits per heavy atom. The highest BCUT2D eigenvalue weighted by atomic mass is 79.9. The van der Waals surface area contributed by atoms with Crippen molar-refractivity contribution in [1.82, 2.24) is 4.90 Å². The monoisotopic (exact) mass is 297 g/mol. The molecule has 0 aromatic heterocycles. The van der Waals surface area contributed by atoms with Crippen LogP contribution in [0.5, 0.6) is 0 Å². The molecule has 2 atom stereocenters. The number of hydrogen-bond acceptors (Lipinski definition) is 2. The van der Waals surface area contributed by atoms with Crippen LogP contribution < -0.4 is 0 Å². The normalized spacial score (nSPS) is 27.4. The highest BCUT2D eigenvalue weighted by molar-refractivity contribution is 9.10. The van der Waals surface area contributed by atoms with E-state index in [0.29, 0.717) is 11.3 Å². The predicted molar refractivity (Wildman–Crippen MR) is 69.8 cm³/mol. The third-order valence-electron chi connectivity index (χ3n) is 3.23. The lowest BCUT2D eigenvalue weighted by Gasteiger charge is -2.26. The number of thioether (sulfide) groups is 1. The molecule has 3 rings (SSSR count). The van der Waals surface area contributed by atoms with Gasteiger partial charge in [-0.2, -0.15) is 11.8 Å². The number of amides is 1. The molecule has 0 aliphatic carbocycles. The molecule has 2 unspecified atom stereocenters. The molecular weight excluding hydrogens is 286 g/mol. The molecule has 4 heteroatoms. The van der Waals surface area contributed by atoms with Gasteiger partial charge in [-0.15, -0.1) is 0 Å². The molecule has 2 fully saturated rings. The quantitative estimate of drug-likeness (QED) is 0.794. The van der Waals surface area contributed by atoms with Gasteiger partial charge in [0.1, 0.15) is 0 Å². The highest BCUT2D eigenvalue weighted by Gasteiger charge is 2.41. The zero-order valence-electron chi connectivity index (χ0n) is 8.73. The molecule has 2 nitrogen and oxygen atoms in total. The maximum atomic E-state index is 12.3. The van der Waals surface area contributed by atoms with Gasteiger partial charge in [0.15, 0.2) is 0 Å². The fraction of sp³-hybridized carbons (Fsp3) is 0.417. The molecular formula is C12H12BrNOS. The van der Waals surface area contributed by atoms with Gasteiger partial charge >= 0.3 is 0 Å². The van der Waals surface area contributed by atoms with Gasteiger partial charge in [-0.1, -0.05) is 22.0 Å². The summed E-state index contributed by atoms with van der Waals surface area (Å²) in [5.41, 5.74) is 0.798. The Morgan fingerprint density at radius 2 is 2.38 bits per heavy atom. The second-order valence-electron chi connectivity index (χ2n) is 4.31. The van der Waals surface area contributed by atoms with Crippen molar-refractivity contribution in [3.63, 3.8) is 0 Å². The number of halogens is 1. The third kappa shape index (κ3) is 1.78. The van der Waals surface area contributed by atoms with E-state index in [1.165, 1.54) is 6.42 Å². The average Bonchev–Trinajstić information content (AvgIpc) is 2.89. The van der Waals surface area contributed by atoms with Crippen molar-refractivity contribution in [3.05, 3.63) is 34.3 Å². The van der Waals surface area contributed by atoms with E-state index in [1.807, 2.05) is 40.9 Å². The van der Waals surface area contributed by atoms with Crippen LogP contribution in [0, 0.1) is 0 Å². The Labute approximate surface area is 108 Å². The summed E-state index contributed by atoms with van der Waals surface area (Å²) in [7, 11) is 0. The minimum Gasteiger partial charge on any atom is -0.334 e. The first-order chi connectivity index (χ1) is 7.74. The highest BCUT2D eigenvalue weighted by Crippen LogP contribution is 2.38. The van der Waals surface area contributed by atoms with Crippen molar-refractivity contribution in [2.75, 3.05) is 12.3 Å². The molecule has 2 aliphatic heterocycles. The number of nitrogens with zero attached hydrogens (tertiary/aromatic N) is 1. The summed E-state index contributed by atoms with van der Waals surface area (Å²) < 4.78 is 0.970. The number of carbonyl (C=O) groups is 1. The van der Waals surface area contributed by atoms with Crippen molar-refractivity contribution in [3.8, 4) is 0 Å². The van der Waals surface area contributed by atoms with E-state index in [9.17, 15) is 4.79 Å². The van der Waals surface area contributed by atoms with Gasteiger partial charge in [0.05, 0.1) is 0 Å². The zero-order chi connectivity index (χ0) is 11.1. The first-order valence-electron chi connectivity index (χ1n) is 5.42. The lowest BCUT2D eigenvalue weighted by Crippen LogP contribution is -2.39. The van der Waals surface area contributed by atoms with Gasteiger partial charge < -0.3 is 4.90 Å². The van der Waals surface area contributed by atoms with Crippen LogP contribution in [0.25, 0.3) is 0 Å². The lowest BCUT2D eigenvalue weighted by atomic mass is 10.2. The number of likely N-dealkylation sites (tertiary alicyclic amines) is 1. The maximum Gasteiger partial charge on any atom is 0.254 e. The number of carbonyl (C=O) groups excluding carboxylic acids is 1. The molecule has 0 spiro atoms.